The highest BCUT2D eigenvalue weighted by Crippen LogP contribution is 2.25. The summed E-state index contributed by atoms with van der Waals surface area (Å²) in [6.45, 7) is 3.01. The molecule has 0 aliphatic heterocycles. The minimum atomic E-state index is -0.121. The first-order chi connectivity index (χ1) is 9.85. The van der Waals surface area contributed by atoms with Crippen molar-refractivity contribution < 1.29 is 0 Å². The van der Waals surface area contributed by atoms with Gasteiger partial charge >= 0.3 is 0 Å². The molecule has 3 rings (SSSR count). The van der Waals surface area contributed by atoms with Crippen molar-refractivity contribution in [3.8, 4) is 0 Å². The van der Waals surface area contributed by atoms with Gasteiger partial charge in [-0.2, -0.15) is 10.2 Å². The summed E-state index contributed by atoms with van der Waals surface area (Å²) in [7, 11) is 0. The Morgan fingerprint density at radius 2 is 2.20 bits per heavy atom. The first kappa shape index (κ1) is 12.8. The summed E-state index contributed by atoms with van der Waals surface area (Å²) < 4.78 is 3.83. The van der Waals surface area contributed by atoms with Crippen LogP contribution in [0.4, 0.5) is 0 Å². The Labute approximate surface area is 117 Å². The molecule has 0 aliphatic carbocycles. The molecule has 0 spiro atoms. The number of hydrogen-bond acceptors (Lipinski definition) is 4. The maximum Gasteiger partial charge on any atom is 0.0914 e. The molecule has 0 saturated carbocycles. The van der Waals surface area contributed by atoms with Crippen LogP contribution in [-0.4, -0.2) is 19.4 Å². The summed E-state index contributed by atoms with van der Waals surface area (Å²) in [5, 5.41) is 8.72. The fraction of sp³-hybridized carbons (Fsp3) is 0.286. The van der Waals surface area contributed by atoms with Gasteiger partial charge < -0.3 is 0 Å². The van der Waals surface area contributed by atoms with E-state index in [2.05, 4.69) is 22.5 Å². The Bertz CT molecular complexity index is 698. The van der Waals surface area contributed by atoms with Gasteiger partial charge in [0.25, 0.3) is 0 Å². The molecule has 0 fully saturated rings. The third-order valence-electron chi connectivity index (χ3n) is 3.41. The molecular formula is C14H18N6. The molecular weight excluding hydrogens is 252 g/mol. The summed E-state index contributed by atoms with van der Waals surface area (Å²) in [5.74, 6) is 5.78. The van der Waals surface area contributed by atoms with Gasteiger partial charge in [-0.25, -0.2) is 9.94 Å². The van der Waals surface area contributed by atoms with E-state index in [4.69, 9.17) is 5.84 Å². The van der Waals surface area contributed by atoms with Crippen LogP contribution >= 0.6 is 0 Å². The zero-order valence-corrected chi connectivity index (χ0v) is 11.4. The lowest BCUT2D eigenvalue weighted by molar-refractivity contribution is 0.522. The van der Waals surface area contributed by atoms with Gasteiger partial charge in [0.15, 0.2) is 0 Å². The number of fused-ring (bicyclic) bond motifs is 1. The minimum Gasteiger partial charge on any atom is -0.271 e. The normalized spacial score (nSPS) is 12.9. The number of aryl methyl sites for hydroxylation is 1. The maximum atomic E-state index is 5.78. The number of nitrogens with one attached hydrogen (secondary N) is 1. The predicted molar refractivity (Wildman–Crippen MR) is 76.9 cm³/mol. The second-order valence-electron chi connectivity index (χ2n) is 4.71. The zero-order chi connectivity index (χ0) is 13.9. The van der Waals surface area contributed by atoms with Gasteiger partial charge in [-0.15, -0.1) is 0 Å². The molecule has 0 bridgehead atoms. The molecule has 0 aromatic carbocycles. The summed E-state index contributed by atoms with van der Waals surface area (Å²) >= 11 is 0. The van der Waals surface area contributed by atoms with E-state index in [1.165, 1.54) is 0 Å². The number of pyridine rings is 1. The minimum absolute atomic E-state index is 0.121. The van der Waals surface area contributed by atoms with Gasteiger partial charge in [-0.05, 0) is 24.6 Å². The second-order valence-corrected chi connectivity index (χ2v) is 4.71. The first-order valence-corrected chi connectivity index (χ1v) is 6.75. The van der Waals surface area contributed by atoms with Crippen molar-refractivity contribution >= 4 is 5.52 Å². The van der Waals surface area contributed by atoms with Crippen molar-refractivity contribution in [2.24, 2.45) is 5.84 Å². The van der Waals surface area contributed by atoms with Crippen LogP contribution < -0.4 is 11.3 Å². The Balaban J connectivity index is 2.07. The molecule has 3 aromatic heterocycles. The van der Waals surface area contributed by atoms with Crippen LogP contribution in [0.5, 0.6) is 0 Å². The standard InChI is InChI=1S/C14H18N6/c1-2-8-19-13(6-7-16-19)14(18-15)11-10-17-20-9-4-3-5-12(11)20/h3-7,9-10,14,18H,2,8,15H2,1H3. The highest BCUT2D eigenvalue weighted by molar-refractivity contribution is 5.56. The number of hydrogen-bond donors (Lipinski definition) is 2. The van der Waals surface area contributed by atoms with Gasteiger partial charge in [-0.3, -0.25) is 10.5 Å². The van der Waals surface area contributed by atoms with Gasteiger partial charge in [-0.1, -0.05) is 13.0 Å². The van der Waals surface area contributed by atoms with E-state index >= 15 is 0 Å². The van der Waals surface area contributed by atoms with Crippen LogP contribution in [-0.2, 0) is 6.54 Å². The third kappa shape index (κ3) is 2.09. The van der Waals surface area contributed by atoms with E-state index in [1.54, 1.807) is 6.20 Å². The van der Waals surface area contributed by atoms with Crippen molar-refractivity contribution in [2.45, 2.75) is 25.9 Å². The van der Waals surface area contributed by atoms with Crippen LogP contribution in [0.25, 0.3) is 5.52 Å². The van der Waals surface area contributed by atoms with E-state index in [9.17, 15) is 0 Å². The summed E-state index contributed by atoms with van der Waals surface area (Å²) in [6.07, 6.45) is 6.61. The molecule has 6 nitrogen and oxygen atoms in total. The number of rotatable bonds is 5. The van der Waals surface area contributed by atoms with Crippen molar-refractivity contribution in [3.63, 3.8) is 0 Å². The smallest absolute Gasteiger partial charge is 0.0914 e. The van der Waals surface area contributed by atoms with Gasteiger partial charge in [0.1, 0.15) is 0 Å². The molecule has 104 valence electrons. The van der Waals surface area contributed by atoms with E-state index in [1.807, 2.05) is 45.9 Å². The maximum absolute atomic E-state index is 5.78. The molecule has 0 amide bonds. The van der Waals surface area contributed by atoms with Crippen LogP contribution in [0.2, 0.25) is 0 Å². The van der Waals surface area contributed by atoms with Gasteiger partial charge in [0.05, 0.1) is 23.4 Å². The molecule has 6 heteroatoms. The van der Waals surface area contributed by atoms with E-state index < -0.39 is 0 Å². The van der Waals surface area contributed by atoms with E-state index in [0.717, 1.165) is 29.7 Å². The number of aromatic nitrogens is 4. The molecule has 3 aromatic rings. The predicted octanol–water partition coefficient (Wildman–Crippen LogP) is 1.49. The Morgan fingerprint density at radius 1 is 1.30 bits per heavy atom. The summed E-state index contributed by atoms with van der Waals surface area (Å²) in [5.41, 5.74) is 6.02. The van der Waals surface area contributed by atoms with Crippen molar-refractivity contribution in [3.05, 3.63) is 54.1 Å². The summed E-state index contributed by atoms with van der Waals surface area (Å²) in [6, 6.07) is 7.86. The van der Waals surface area contributed by atoms with Gasteiger partial charge in [0, 0.05) is 24.5 Å². The number of hydrazine groups is 1. The molecule has 1 atom stereocenters. The Hall–Kier alpha value is -2.18. The molecule has 0 aliphatic rings. The molecule has 1 unspecified atom stereocenters. The highest BCUT2D eigenvalue weighted by Gasteiger charge is 2.20. The van der Waals surface area contributed by atoms with Gasteiger partial charge in [0.2, 0.25) is 0 Å². The quantitative estimate of drug-likeness (QED) is 0.544. The lowest BCUT2D eigenvalue weighted by Crippen LogP contribution is -2.30. The van der Waals surface area contributed by atoms with E-state index in [-0.39, 0.29) is 6.04 Å². The summed E-state index contributed by atoms with van der Waals surface area (Å²) in [4.78, 5) is 0. The number of nitrogens with zero attached hydrogens (tertiary/aromatic N) is 4. The average Bonchev–Trinajstić information content (AvgIpc) is 3.09. The molecule has 0 saturated heterocycles. The first-order valence-electron chi connectivity index (χ1n) is 6.75. The van der Waals surface area contributed by atoms with Crippen LogP contribution in [0.15, 0.2) is 42.9 Å². The monoisotopic (exact) mass is 270 g/mol. The molecule has 0 radical (unpaired) electrons. The molecule has 3 heterocycles. The van der Waals surface area contributed by atoms with Crippen molar-refractivity contribution in [1.82, 2.24) is 24.8 Å². The fourth-order valence-electron chi connectivity index (χ4n) is 2.50. The van der Waals surface area contributed by atoms with Crippen LogP contribution in [0.1, 0.15) is 30.6 Å². The molecule has 20 heavy (non-hydrogen) atoms. The lowest BCUT2D eigenvalue weighted by Gasteiger charge is -2.16. The van der Waals surface area contributed by atoms with Crippen molar-refractivity contribution in [2.75, 3.05) is 0 Å². The Kier molecular flexibility index (Phi) is 3.49. The largest absolute Gasteiger partial charge is 0.271 e. The third-order valence-corrected chi connectivity index (χ3v) is 3.41. The Morgan fingerprint density at radius 3 is 3.00 bits per heavy atom. The van der Waals surface area contributed by atoms with Crippen LogP contribution in [0, 0.1) is 0 Å². The number of nitrogens with two attached hydrogens (primary N) is 1. The van der Waals surface area contributed by atoms with Crippen molar-refractivity contribution in [1.29, 1.82) is 0 Å². The lowest BCUT2D eigenvalue weighted by atomic mass is 10.1. The highest BCUT2D eigenvalue weighted by atomic mass is 15.3. The molecule has 3 N–H and O–H groups in total. The SMILES string of the molecule is CCCn1nccc1C(NN)c1cnn2ccccc12. The zero-order valence-electron chi connectivity index (χ0n) is 11.4. The average molecular weight is 270 g/mol. The van der Waals surface area contributed by atoms with E-state index in [0.29, 0.717) is 0 Å². The fourth-order valence-corrected chi connectivity index (χ4v) is 2.50. The topological polar surface area (TPSA) is 73.2 Å². The second kappa shape index (κ2) is 5.44. The van der Waals surface area contributed by atoms with Crippen LogP contribution in [0.3, 0.4) is 0 Å².